The first-order valence-corrected chi connectivity index (χ1v) is 9.66. The molecule has 0 spiro atoms. The molecule has 0 radical (unpaired) electrons. The molecule has 1 aliphatic rings. The number of ether oxygens (including phenoxy) is 2. The van der Waals surface area contributed by atoms with Crippen molar-refractivity contribution in [2.24, 2.45) is 5.41 Å². The van der Waals surface area contributed by atoms with Crippen molar-refractivity contribution in [3.63, 3.8) is 0 Å². The lowest BCUT2D eigenvalue weighted by atomic mass is 9.82. The van der Waals surface area contributed by atoms with Gasteiger partial charge in [-0.15, -0.1) is 0 Å². The van der Waals surface area contributed by atoms with Gasteiger partial charge in [-0.25, -0.2) is 9.37 Å². The second-order valence-corrected chi connectivity index (χ2v) is 7.43. The summed E-state index contributed by atoms with van der Waals surface area (Å²) in [7, 11) is 1.63. The minimum atomic E-state index is -0.178. The Morgan fingerprint density at radius 2 is 1.93 bits per heavy atom. The number of hydrogen-bond acceptors (Lipinski definition) is 4. The second kappa shape index (κ2) is 9.29. The number of hydrogen-bond donors (Lipinski definition) is 0. The van der Waals surface area contributed by atoms with Gasteiger partial charge < -0.3 is 9.47 Å². The Kier molecular flexibility index (Phi) is 6.80. The van der Waals surface area contributed by atoms with Gasteiger partial charge in [-0.05, 0) is 56.0 Å². The lowest BCUT2D eigenvalue weighted by molar-refractivity contribution is 0.0489. The SMILES string of the molecule is CCOC[C@]1(CCc2ccc(F)cc2)CCN(Cc2ccc(OC)nc2)C1. The quantitative estimate of drug-likeness (QED) is 0.664. The van der Waals surface area contributed by atoms with E-state index >= 15 is 0 Å². The number of benzene rings is 1. The number of pyridine rings is 1. The summed E-state index contributed by atoms with van der Waals surface area (Å²) in [5, 5.41) is 0. The summed E-state index contributed by atoms with van der Waals surface area (Å²) in [6.45, 7) is 6.52. The highest BCUT2D eigenvalue weighted by Crippen LogP contribution is 2.36. The maximum Gasteiger partial charge on any atom is 0.212 e. The molecule has 1 aromatic heterocycles. The van der Waals surface area contributed by atoms with E-state index in [9.17, 15) is 4.39 Å². The summed E-state index contributed by atoms with van der Waals surface area (Å²) in [6, 6.07) is 10.9. The smallest absolute Gasteiger partial charge is 0.212 e. The molecule has 0 bridgehead atoms. The Bertz CT molecular complexity index is 705. The van der Waals surface area contributed by atoms with Crippen LogP contribution in [0.1, 0.15) is 30.9 Å². The molecule has 2 aromatic rings. The van der Waals surface area contributed by atoms with E-state index in [1.54, 1.807) is 19.2 Å². The zero-order valence-electron chi connectivity index (χ0n) is 16.3. The summed E-state index contributed by atoms with van der Waals surface area (Å²) in [6.07, 6.45) is 5.01. The molecule has 2 heterocycles. The number of nitrogens with zero attached hydrogens (tertiary/aromatic N) is 2. The average molecular weight is 372 g/mol. The zero-order chi connectivity index (χ0) is 19.1. The van der Waals surface area contributed by atoms with Gasteiger partial charge in [-0.2, -0.15) is 0 Å². The van der Waals surface area contributed by atoms with Crippen LogP contribution in [0.15, 0.2) is 42.6 Å². The molecule has 1 atom stereocenters. The first kappa shape index (κ1) is 19.8. The summed E-state index contributed by atoms with van der Waals surface area (Å²) in [5.74, 6) is 0.466. The monoisotopic (exact) mass is 372 g/mol. The Labute approximate surface area is 161 Å². The van der Waals surface area contributed by atoms with Gasteiger partial charge in [0.15, 0.2) is 0 Å². The van der Waals surface area contributed by atoms with Crippen molar-refractivity contribution < 1.29 is 13.9 Å². The van der Waals surface area contributed by atoms with Crippen molar-refractivity contribution in [3.05, 3.63) is 59.5 Å². The normalized spacial score (nSPS) is 20.1. The van der Waals surface area contributed by atoms with Crippen molar-refractivity contribution in [2.45, 2.75) is 32.7 Å². The van der Waals surface area contributed by atoms with E-state index in [-0.39, 0.29) is 11.2 Å². The first-order chi connectivity index (χ1) is 13.1. The first-order valence-electron chi connectivity index (χ1n) is 9.66. The summed E-state index contributed by atoms with van der Waals surface area (Å²) >= 11 is 0. The number of rotatable bonds is 9. The van der Waals surface area contributed by atoms with Gasteiger partial charge in [0.1, 0.15) is 5.82 Å². The maximum atomic E-state index is 13.1. The molecule has 1 fully saturated rings. The molecule has 5 heteroatoms. The fourth-order valence-corrected chi connectivity index (χ4v) is 3.82. The van der Waals surface area contributed by atoms with Crippen LogP contribution in [-0.4, -0.2) is 43.3 Å². The molecule has 0 amide bonds. The van der Waals surface area contributed by atoms with Crippen LogP contribution in [0.3, 0.4) is 0 Å². The lowest BCUT2D eigenvalue weighted by Gasteiger charge is -2.29. The number of aromatic nitrogens is 1. The van der Waals surface area contributed by atoms with Gasteiger partial charge >= 0.3 is 0 Å². The Morgan fingerprint density at radius 3 is 2.59 bits per heavy atom. The Balaban J connectivity index is 1.61. The molecule has 1 aromatic carbocycles. The van der Waals surface area contributed by atoms with Gasteiger partial charge in [-0.3, -0.25) is 4.90 Å². The standard InChI is InChI=1S/C22H29FN2O2/c1-3-27-17-22(11-10-18-4-7-20(23)8-5-18)12-13-25(16-22)15-19-6-9-21(26-2)24-14-19/h4-9,14H,3,10-13,15-17H2,1-2H3/t22-/m1/s1. The molecule has 0 N–H and O–H groups in total. The Morgan fingerprint density at radius 1 is 1.15 bits per heavy atom. The highest BCUT2D eigenvalue weighted by Gasteiger charge is 2.37. The molecule has 1 aliphatic heterocycles. The highest BCUT2D eigenvalue weighted by molar-refractivity contribution is 5.18. The Hall–Kier alpha value is -1.98. The van der Waals surface area contributed by atoms with Gasteiger partial charge in [0.05, 0.1) is 13.7 Å². The van der Waals surface area contributed by atoms with Crippen LogP contribution < -0.4 is 4.74 Å². The lowest BCUT2D eigenvalue weighted by Crippen LogP contribution is -2.32. The largest absolute Gasteiger partial charge is 0.481 e. The highest BCUT2D eigenvalue weighted by atomic mass is 19.1. The van der Waals surface area contributed by atoms with Gasteiger partial charge in [-0.1, -0.05) is 18.2 Å². The zero-order valence-corrected chi connectivity index (χ0v) is 16.3. The molecule has 1 saturated heterocycles. The van der Waals surface area contributed by atoms with Crippen LogP contribution in [0.5, 0.6) is 5.88 Å². The van der Waals surface area contributed by atoms with Crippen molar-refractivity contribution in [2.75, 3.05) is 33.4 Å². The molecule has 0 aliphatic carbocycles. The van der Waals surface area contributed by atoms with Gasteiger partial charge in [0, 0.05) is 37.4 Å². The van der Waals surface area contributed by atoms with Gasteiger partial charge in [0.25, 0.3) is 0 Å². The second-order valence-electron chi connectivity index (χ2n) is 7.43. The van der Waals surface area contributed by atoms with E-state index in [4.69, 9.17) is 9.47 Å². The molecular weight excluding hydrogens is 343 g/mol. The topological polar surface area (TPSA) is 34.6 Å². The molecule has 3 rings (SSSR count). The summed E-state index contributed by atoms with van der Waals surface area (Å²) in [5.41, 5.74) is 2.54. The van der Waals surface area contributed by atoms with E-state index in [1.807, 2.05) is 31.3 Å². The fourth-order valence-electron chi connectivity index (χ4n) is 3.82. The van der Waals surface area contributed by atoms with E-state index in [1.165, 1.54) is 11.1 Å². The van der Waals surface area contributed by atoms with Crippen LogP contribution in [0.25, 0.3) is 0 Å². The molecular formula is C22H29FN2O2. The third-order valence-corrected chi connectivity index (χ3v) is 5.40. The minimum absolute atomic E-state index is 0.157. The molecule has 27 heavy (non-hydrogen) atoms. The van der Waals surface area contributed by atoms with Crippen LogP contribution in [-0.2, 0) is 17.7 Å². The third kappa shape index (κ3) is 5.50. The van der Waals surface area contributed by atoms with E-state index in [2.05, 4.69) is 16.0 Å². The molecule has 0 unspecified atom stereocenters. The summed E-state index contributed by atoms with van der Waals surface area (Å²) < 4.78 is 24.1. The fraction of sp³-hybridized carbons (Fsp3) is 0.500. The van der Waals surface area contributed by atoms with Crippen molar-refractivity contribution in [1.82, 2.24) is 9.88 Å². The van der Waals surface area contributed by atoms with Crippen molar-refractivity contribution in [1.29, 1.82) is 0 Å². The average Bonchev–Trinajstić information content (AvgIpc) is 3.10. The minimum Gasteiger partial charge on any atom is -0.481 e. The number of halogens is 1. The van der Waals surface area contributed by atoms with Crippen LogP contribution in [0.2, 0.25) is 0 Å². The predicted octanol–water partition coefficient (Wildman–Crippen LogP) is 4.09. The summed E-state index contributed by atoms with van der Waals surface area (Å²) in [4.78, 5) is 6.78. The maximum absolute atomic E-state index is 13.1. The van der Waals surface area contributed by atoms with E-state index in [0.717, 1.165) is 52.1 Å². The molecule has 0 saturated carbocycles. The van der Waals surface area contributed by atoms with Crippen LogP contribution >= 0.6 is 0 Å². The predicted molar refractivity (Wildman–Crippen MR) is 104 cm³/mol. The number of aryl methyl sites for hydroxylation is 1. The van der Waals surface area contributed by atoms with E-state index < -0.39 is 0 Å². The molecule has 146 valence electrons. The van der Waals surface area contributed by atoms with Crippen LogP contribution in [0.4, 0.5) is 4.39 Å². The number of methoxy groups -OCH3 is 1. The third-order valence-electron chi connectivity index (χ3n) is 5.40. The van der Waals surface area contributed by atoms with E-state index in [0.29, 0.717) is 5.88 Å². The van der Waals surface area contributed by atoms with Crippen molar-refractivity contribution in [3.8, 4) is 5.88 Å². The van der Waals surface area contributed by atoms with Crippen LogP contribution in [0, 0.1) is 11.2 Å². The van der Waals surface area contributed by atoms with Crippen molar-refractivity contribution >= 4 is 0 Å². The molecule has 4 nitrogen and oxygen atoms in total. The van der Waals surface area contributed by atoms with Gasteiger partial charge in [0.2, 0.25) is 5.88 Å². The number of likely N-dealkylation sites (tertiary alicyclic amines) is 1.